The molecule has 4 N–H and O–H groups in total. The van der Waals surface area contributed by atoms with Crippen LogP contribution in [-0.4, -0.2) is 23.6 Å². The van der Waals surface area contributed by atoms with Crippen LogP contribution in [-0.2, 0) is 24.8 Å². The van der Waals surface area contributed by atoms with Crippen LogP contribution in [0, 0.1) is 0 Å². The van der Waals surface area contributed by atoms with Crippen molar-refractivity contribution in [1.82, 2.24) is 0 Å². The maximum absolute atomic E-state index is 12.5. The quantitative estimate of drug-likeness (QED) is 0.585. The topological polar surface area (TPSA) is 127 Å². The Labute approximate surface area is 165 Å². The summed E-state index contributed by atoms with van der Waals surface area (Å²) in [5.41, 5.74) is 12.1. The fourth-order valence-electron chi connectivity index (χ4n) is 3.41. The Balaban J connectivity index is 1.99. The van der Waals surface area contributed by atoms with Gasteiger partial charge in [-0.25, -0.2) is 9.80 Å². The van der Waals surface area contributed by atoms with Gasteiger partial charge in [0.25, 0.3) is 23.6 Å². The SMILES string of the molecule is NC(N)(c1ccccc1)c1cccc(N2C(=O)C=CC2=O)c1N1C(=O)C=CC1=O. The molecule has 0 aliphatic carbocycles. The summed E-state index contributed by atoms with van der Waals surface area (Å²) >= 11 is 0. The van der Waals surface area contributed by atoms with E-state index < -0.39 is 29.3 Å². The maximum Gasteiger partial charge on any atom is 0.258 e. The normalized spacial score (nSPS) is 16.5. The van der Waals surface area contributed by atoms with Gasteiger partial charge in [-0.05, 0) is 11.6 Å². The molecule has 0 fully saturated rings. The number of carbonyl (C=O) groups is 4. The summed E-state index contributed by atoms with van der Waals surface area (Å²) in [5, 5.41) is 0. The molecular weight excluding hydrogens is 372 g/mol. The number of imide groups is 2. The van der Waals surface area contributed by atoms with Crippen LogP contribution >= 0.6 is 0 Å². The van der Waals surface area contributed by atoms with Crippen molar-refractivity contribution < 1.29 is 19.2 Å². The molecule has 4 amide bonds. The minimum atomic E-state index is -1.62. The van der Waals surface area contributed by atoms with Crippen molar-refractivity contribution in [2.75, 3.05) is 9.80 Å². The summed E-state index contributed by atoms with van der Waals surface area (Å²) in [4.78, 5) is 51.3. The van der Waals surface area contributed by atoms with E-state index in [0.717, 1.165) is 34.1 Å². The first-order valence-corrected chi connectivity index (χ1v) is 8.71. The van der Waals surface area contributed by atoms with Gasteiger partial charge < -0.3 is 11.5 Å². The molecule has 144 valence electrons. The van der Waals surface area contributed by atoms with Crippen LogP contribution in [0.25, 0.3) is 0 Å². The molecule has 8 nitrogen and oxygen atoms in total. The van der Waals surface area contributed by atoms with Crippen LogP contribution < -0.4 is 21.3 Å². The smallest absolute Gasteiger partial charge is 0.258 e. The molecule has 4 rings (SSSR count). The summed E-state index contributed by atoms with van der Waals surface area (Å²) in [5.74, 6) is -2.45. The van der Waals surface area contributed by atoms with Crippen LogP contribution in [0.2, 0.25) is 0 Å². The largest absolute Gasteiger partial charge is 0.306 e. The molecule has 0 saturated heterocycles. The monoisotopic (exact) mass is 388 g/mol. The van der Waals surface area contributed by atoms with Crippen LogP contribution in [0.5, 0.6) is 0 Å². The molecule has 2 aromatic rings. The molecule has 2 aliphatic rings. The van der Waals surface area contributed by atoms with Crippen LogP contribution in [0.3, 0.4) is 0 Å². The Morgan fingerprint density at radius 1 is 0.621 bits per heavy atom. The van der Waals surface area contributed by atoms with Gasteiger partial charge in [0.05, 0.1) is 11.4 Å². The number of amides is 4. The number of anilines is 2. The third-order valence-corrected chi connectivity index (χ3v) is 4.79. The second-order valence-corrected chi connectivity index (χ2v) is 6.60. The van der Waals surface area contributed by atoms with Crippen molar-refractivity contribution in [3.63, 3.8) is 0 Å². The van der Waals surface area contributed by atoms with Crippen molar-refractivity contribution in [3.05, 3.63) is 84.0 Å². The van der Waals surface area contributed by atoms with Gasteiger partial charge in [0.2, 0.25) is 0 Å². The van der Waals surface area contributed by atoms with Gasteiger partial charge in [-0.1, -0.05) is 42.5 Å². The van der Waals surface area contributed by atoms with E-state index in [4.69, 9.17) is 11.5 Å². The molecular formula is C21H16N4O4. The molecule has 0 aromatic heterocycles. The third-order valence-electron chi connectivity index (χ3n) is 4.79. The molecule has 0 spiro atoms. The number of nitrogens with zero attached hydrogens (tertiary/aromatic N) is 2. The van der Waals surface area contributed by atoms with E-state index in [9.17, 15) is 19.2 Å². The Kier molecular flexibility index (Phi) is 4.22. The van der Waals surface area contributed by atoms with E-state index in [1.807, 2.05) is 0 Å². The van der Waals surface area contributed by atoms with Gasteiger partial charge in [0.1, 0.15) is 5.66 Å². The van der Waals surface area contributed by atoms with Crippen LogP contribution in [0.15, 0.2) is 72.8 Å². The zero-order chi connectivity index (χ0) is 20.8. The number of para-hydroxylation sites is 1. The van der Waals surface area contributed by atoms with Crippen molar-refractivity contribution >= 4 is 35.0 Å². The molecule has 29 heavy (non-hydrogen) atoms. The highest BCUT2D eigenvalue weighted by atomic mass is 16.2. The number of hydrogen-bond acceptors (Lipinski definition) is 6. The van der Waals surface area contributed by atoms with Gasteiger partial charge in [-0.15, -0.1) is 0 Å². The lowest BCUT2D eigenvalue weighted by atomic mass is 9.90. The second kappa shape index (κ2) is 6.62. The zero-order valence-corrected chi connectivity index (χ0v) is 15.1. The molecule has 2 aromatic carbocycles. The standard InChI is InChI=1S/C21H16N4O4/c22-21(23,13-5-2-1-3-6-13)14-7-4-8-15(24-16(26)9-10-17(24)27)20(14)25-18(28)11-12-19(25)29/h1-12H,22-23H2. The predicted octanol–water partition coefficient (Wildman–Crippen LogP) is 0.664. The first kappa shape index (κ1) is 18.5. The van der Waals surface area contributed by atoms with E-state index in [-0.39, 0.29) is 16.9 Å². The predicted molar refractivity (Wildman–Crippen MR) is 105 cm³/mol. The van der Waals surface area contributed by atoms with Gasteiger partial charge >= 0.3 is 0 Å². The van der Waals surface area contributed by atoms with Crippen LogP contribution in [0.4, 0.5) is 11.4 Å². The average molecular weight is 388 g/mol. The molecule has 0 unspecified atom stereocenters. The van der Waals surface area contributed by atoms with Gasteiger partial charge in [-0.3, -0.25) is 19.2 Å². The minimum Gasteiger partial charge on any atom is -0.306 e. The van der Waals surface area contributed by atoms with Crippen molar-refractivity contribution in [2.24, 2.45) is 11.5 Å². The molecule has 8 heteroatoms. The molecule has 0 atom stereocenters. The lowest BCUT2D eigenvalue weighted by molar-refractivity contribution is -0.122. The Morgan fingerprint density at radius 2 is 1.14 bits per heavy atom. The Bertz CT molecular complexity index is 1080. The third kappa shape index (κ3) is 2.87. The molecule has 0 saturated carbocycles. The highest BCUT2D eigenvalue weighted by molar-refractivity contribution is 6.33. The van der Waals surface area contributed by atoms with Crippen LogP contribution in [0.1, 0.15) is 11.1 Å². The summed E-state index contributed by atoms with van der Waals surface area (Å²) in [6.07, 6.45) is 4.43. The lowest BCUT2D eigenvalue weighted by Crippen LogP contribution is -2.49. The summed E-state index contributed by atoms with van der Waals surface area (Å²) in [6, 6.07) is 13.3. The minimum absolute atomic E-state index is 0.00764. The number of rotatable bonds is 4. The lowest BCUT2D eigenvalue weighted by Gasteiger charge is -2.33. The van der Waals surface area contributed by atoms with E-state index in [2.05, 4.69) is 0 Å². The van der Waals surface area contributed by atoms with E-state index in [1.165, 1.54) is 6.07 Å². The number of benzene rings is 2. The van der Waals surface area contributed by atoms with Gasteiger partial charge in [-0.2, -0.15) is 0 Å². The van der Waals surface area contributed by atoms with Gasteiger partial charge in [0.15, 0.2) is 0 Å². The van der Waals surface area contributed by atoms with Gasteiger partial charge in [0, 0.05) is 29.9 Å². The fraction of sp³-hybridized carbons (Fsp3) is 0.0476. The van der Waals surface area contributed by atoms with Crippen molar-refractivity contribution in [3.8, 4) is 0 Å². The summed E-state index contributed by atoms with van der Waals surface area (Å²) in [6.45, 7) is 0. The van der Waals surface area contributed by atoms with Crippen molar-refractivity contribution in [2.45, 2.75) is 5.66 Å². The van der Waals surface area contributed by atoms with Crippen molar-refractivity contribution in [1.29, 1.82) is 0 Å². The molecule has 0 radical (unpaired) electrons. The fourth-order valence-corrected chi connectivity index (χ4v) is 3.41. The Morgan fingerprint density at radius 3 is 1.69 bits per heavy atom. The first-order valence-electron chi connectivity index (χ1n) is 8.71. The second-order valence-electron chi connectivity index (χ2n) is 6.60. The van der Waals surface area contributed by atoms with E-state index in [1.54, 1.807) is 42.5 Å². The van der Waals surface area contributed by atoms with E-state index in [0.29, 0.717) is 5.56 Å². The first-order chi connectivity index (χ1) is 13.8. The molecule has 0 bridgehead atoms. The highest BCUT2D eigenvalue weighted by Gasteiger charge is 2.39. The Hall–Kier alpha value is -3.88. The maximum atomic E-state index is 12.5. The molecule has 2 aliphatic heterocycles. The molecule has 2 heterocycles. The summed E-state index contributed by atoms with van der Waals surface area (Å²) < 4.78 is 0. The summed E-state index contributed by atoms with van der Waals surface area (Å²) in [7, 11) is 0. The van der Waals surface area contributed by atoms with E-state index >= 15 is 0 Å². The highest BCUT2D eigenvalue weighted by Crippen LogP contribution is 2.40. The number of hydrogen-bond donors (Lipinski definition) is 2. The number of nitrogens with two attached hydrogens (primary N) is 2. The zero-order valence-electron chi connectivity index (χ0n) is 15.1. The number of carbonyl (C=O) groups excluding carboxylic acids is 4. The average Bonchev–Trinajstić information content (AvgIpc) is 3.22.